The third kappa shape index (κ3) is 3.19. The molecule has 1 aromatic carbocycles. The summed E-state index contributed by atoms with van der Waals surface area (Å²) in [6.07, 6.45) is 0. The van der Waals surface area contributed by atoms with Crippen LogP contribution in [-0.2, 0) is 9.59 Å². The van der Waals surface area contributed by atoms with E-state index in [-0.39, 0.29) is 30.7 Å². The first-order chi connectivity index (χ1) is 9.10. The van der Waals surface area contributed by atoms with Crippen LogP contribution in [0.3, 0.4) is 0 Å². The van der Waals surface area contributed by atoms with Crippen LogP contribution >= 0.6 is 0 Å². The number of ether oxygens (including phenoxy) is 1. The molecule has 1 aromatic rings. The monoisotopic (exact) mass is 267 g/mol. The lowest BCUT2D eigenvalue weighted by atomic mass is 10.2. The van der Waals surface area contributed by atoms with Crippen molar-refractivity contribution >= 4 is 17.5 Å². The molecule has 0 aromatic heterocycles. The van der Waals surface area contributed by atoms with Gasteiger partial charge in [-0.15, -0.1) is 0 Å². The molecule has 3 N–H and O–H groups in total. The molecular weight excluding hydrogens is 253 g/mol. The van der Waals surface area contributed by atoms with E-state index in [0.29, 0.717) is 5.69 Å². The maximum atomic E-state index is 13.2. The predicted octanol–water partition coefficient (Wildman–Crippen LogP) is -0.139. The number of piperazine rings is 1. The van der Waals surface area contributed by atoms with Crippen molar-refractivity contribution in [2.75, 3.05) is 25.5 Å². The average Bonchev–Trinajstić information content (AvgIpc) is 2.41. The van der Waals surface area contributed by atoms with Crippen LogP contribution in [0.1, 0.15) is 0 Å². The van der Waals surface area contributed by atoms with E-state index in [0.717, 1.165) is 0 Å². The molecule has 7 heteroatoms. The molecule has 19 heavy (non-hydrogen) atoms. The SMILES string of the molecule is COc1cc(NC(=O)C2CNC(=O)CN2)ccc1F. The molecule has 1 heterocycles. The van der Waals surface area contributed by atoms with Crippen LogP contribution in [-0.4, -0.2) is 38.1 Å². The first-order valence-electron chi connectivity index (χ1n) is 5.74. The number of halogens is 1. The largest absolute Gasteiger partial charge is 0.494 e. The smallest absolute Gasteiger partial charge is 0.243 e. The molecule has 0 spiro atoms. The fourth-order valence-corrected chi connectivity index (χ4v) is 1.72. The Bertz CT molecular complexity index is 497. The van der Waals surface area contributed by atoms with E-state index in [1.54, 1.807) is 0 Å². The van der Waals surface area contributed by atoms with Gasteiger partial charge in [0.2, 0.25) is 11.8 Å². The second-order valence-corrected chi connectivity index (χ2v) is 4.08. The Kier molecular flexibility index (Phi) is 3.96. The van der Waals surface area contributed by atoms with Gasteiger partial charge in [0.05, 0.1) is 13.7 Å². The summed E-state index contributed by atoms with van der Waals surface area (Å²) < 4.78 is 18.0. The Labute approximate surface area is 109 Å². The number of rotatable bonds is 3. The lowest BCUT2D eigenvalue weighted by molar-refractivity contribution is -0.124. The fraction of sp³-hybridized carbons (Fsp3) is 0.333. The van der Waals surface area contributed by atoms with Gasteiger partial charge in [0.25, 0.3) is 0 Å². The number of hydrogen-bond acceptors (Lipinski definition) is 4. The zero-order chi connectivity index (χ0) is 13.8. The minimum absolute atomic E-state index is 0.0581. The third-order valence-electron chi connectivity index (χ3n) is 2.75. The Morgan fingerprint density at radius 1 is 1.53 bits per heavy atom. The molecule has 1 aliphatic rings. The highest BCUT2D eigenvalue weighted by Crippen LogP contribution is 2.21. The summed E-state index contributed by atoms with van der Waals surface area (Å²) in [6, 6.07) is 3.55. The Balaban J connectivity index is 2.00. The summed E-state index contributed by atoms with van der Waals surface area (Å²) >= 11 is 0. The maximum Gasteiger partial charge on any atom is 0.243 e. The van der Waals surface area contributed by atoms with Crippen LogP contribution in [0.4, 0.5) is 10.1 Å². The van der Waals surface area contributed by atoms with Crippen LogP contribution in [0.5, 0.6) is 5.75 Å². The molecule has 1 fully saturated rings. The second kappa shape index (κ2) is 5.66. The van der Waals surface area contributed by atoms with Crippen LogP contribution in [0.2, 0.25) is 0 Å². The summed E-state index contributed by atoms with van der Waals surface area (Å²) in [5, 5.41) is 8.01. The minimum atomic E-state index is -0.506. The highest BCUT2D eigenvalue weighted by molar-refractivity contribution is 5.96. The molecule has 1 saturated heterocycles. The van der Waals surface area contributed by atoms with Gasteiger partial charge in [-0.3, -0.25) is 14.9 Å². The number of amides is 2. The van der Waals surface area contributed by atoms with E-state index in [4.69, 9.17) is 4.74 Å². The van der Waals surface area contributed by atoms with Gasteiger partial charge in [-0.2, -0.15) is 0 Å². The van der Waals surface area contributed by atoms with Crippen molar-refractivity contribution in [2.24, 2.45) is 0 Å². The fourth-order valence-electron chi connectivity index (χ4n) is 1.72. The second-order valence-electron chi connectivity index (χ2n) is 4.08. The molecule has 2 rings (SSSR count). The van der Waals surface area contributed by atoms with Crippen molar-refractivity contribution in [1.29, 1.82) is 0 Å². The van der Waals surface area contributed by atoms with Crippen molar-refractivity contribution in [1.82, 2.24) is 10.6 Å². The normalized spacial score (nSPS) is 18.6. The topological polar surface area (TPSA) is 79.5 Å². The Hall–Kier alpha value is -2.15. The van der Waals surface area contributed by atoms with Gasteiger partial charge >= 0.3 is 0 Å². The summed E-state index contributed by atoms with van der Waals surface area (Å²) in [5.41, 5.74) is 0.432. The Morgan fingerprint density at radius 3 is 2.95 bits per heavy atom. The molecular formula is C12H14FN3O3. The van der Waals surface area contributed by atoms with Crippen LogP contribution < -0.4 is 20.7 Å². The van der Waals surface area contributed by atoms with Crippen molar-refractivity contribution in [3.05, 3.63) is 24.0 Å². The zero-order valence-corrected chi connectivity index (χ0v) is 10.3. The summed E-state index contributed by atoms with van der Waals surface area (Å²) in [4.78, 5) is 22.8. The van der Waals surface area contributed by atoms with Gasteiger partial charge in [-0.1, -0.05) is 0 Å². The van der Waals surface area contributed by atoms with Crippen molar-refractivity contribution in [2.45, 2.75) is 6.04 Å². The number of nitrogens with one attached hydrogen (secondary N) is 3. The van der Waals surface area contributed by atoms with Crippen molar-refractivity contribution in [3.8, 4) is 5.75 Å². The summed E-state index contributed by atoms with van der Waals surface area (Å²) in [7, 11) is 1.35. The van der Waals surface area contributed by atoms with E-state index >= 15 is 0 Å². The molecule has 0 radical (unpaired) electrons. The highest BCUT2D eigenvalue weighted by atomic mass is 19.1. The molecule has 102 valence electrons. The van der Waals surface area contributed by atoms with Crippen LogP contribution in [0.25, 0.3) is 0 Å². The summed E-state index contributed by atoms with van der Waals surface area (Å²) in [6.45, 7) is 0.327. The molecule has 0 saturated carbocycles. The first kappa shape index (κ1) is 13.3. The van der Waals surface area contributed by atoms with Gasteiger partial charge in [0.1, 0.15) is 6.04 Å². The number of methoxy groups -OCH3 is 1. The third-order valence-corrected chi connectivity index (χ3v) is 2.75. The van der Waals surface area contributed by atoms with Crippen LogP contribution in [0, 0.1) is 5.82 Å². The Morgan fingerprint density at radius 2 is 2.32 bits per heavy atom. The standard InChI is InChI=1S/C12H14FN3O3/c1-19-10-4-7(2-3-8(10)13)16-12(18)9-5-15-11(17)6-14-9/h2-4,9,14H,5-6H2,1H3,(H,15,17)(H,16,18). The lowest BCUT2D eigenvalue weighted by Gasteiger charge is -2.23. The number of benzene rings is 1. The highest BCUT2D eigenvalue weighted by Gasteiger charge is 2.23. The van der Waals surface area contributed by atoms with E-state index in [1.807, 2.05) is 0 Å². The van der Waals surface area contributed by atoms with Gasteiger partial charge < -0.3 is 15.4 Å². The van der Waals surface area contributed by atoms with Crippen molar-refractivity contribution in [3.63, 3.8) is 0 Å². The molecule has 0 bridgehead atoms. The number of anilines is 1. The van der Waals surface area contributed by atoms with Gasteiger partial charge in [0.15, 0.2) is 11.6 Å². The lowest BCUT2D eigenvalue weighted by Crippen LogP contribution is -2.56. The molecule has 1 atom stereocenters. The molecule has 2 amide bonds. The molecule has 1 unspecified atom stereocenters. The molecule has 0 aliphatic carbocycles. The predicted molar refractivity (Wildman–Crippen MR) is 66.4 cm³/mol. The van der Waals surface area contributed by atoms with Gasteiger partial charge in [-0.25, -0.2) is 4.39 Å². The first-order valence-corrected chi connectivity index (χ1v) is 5.74. The van der Waals surface area contributed by atoms with Gasteiger partial charge in [0, 0.05) is 18.3 Å². The van der Waals surface area contributed by atoms with E-state index in [2.05, 4.69) is 16.0 Å². The van der Waals surface area contributed by atoms with Crippen molar-refractivity contribution < 1.29 is 18.7 Å². The average molecular weight is 267 g/mol. The quantitative estimate of drug-likeness (QED) is 0.712. The van der Waals surface area contributed by atoms with E-state index in [9.17, 15) is 14.0 Å². The molecule has 6 nitrogen and oxygen atoms in total. The number of carbonyl (C=O) groups excluding carboxylic acids is 2. The minimum Gasteiger partial charge on any atom is -0.494 e. The van der Waals surface area contributed by atoms with E-state index in [1.165, 1.54) is 25.3 Å². The summed E-state index contributed by atoms with van der Waals surface area (Å²) in [5.74, 6) is -0.882. The van der Waals surface area contributed by atoms with E-state index < -0.39 is 11.9 Å². The van der Waals surface area contributed by atoms with Crippen LogP contribution in [0.15, 0.2) is 18.2 Å². The zero-order valence-electron chi connectivity index (χ0n) is 10.3. The number of carbonyl (C=O) groups is 2. The van der Waals surface area contributed by atoms with Gasteiger partial charge in [-0.05, 0) is 12.1 Å². The molecule has 1 aliphatic heterocycles. The number of hydrogen-bond donors (Lipinski definition) is 3. The maximum absolute atomic E-state index is 13.2.